The zero-order valence-corrected chi connectivity index (χ0v) is 23.3. The van der Waals surface area contributed by atoms with Gasteiger partial charge in [-0.25, -0.2) is 8.42 Å². The van der Waals surface area contributed by atoms with E-state index in [0.29, 0.717) is 18.5 Å². The number of nitrogens with one attached hydrogen (secondary N) is 1. The Bertz CT molecular complexity index is 1310. The third-order valence-electron chi connectivity index (χ3n) is 6.30. The van der Waals surface area contributed by atoms with Crippen LogP contribution < -0.4 is 9.62 Å². The fraction of sp³-hybridized carbons (Fsp3) is 0.333. The van der Waals surface area contributed by atoms with Crippen molar-refractivity contribution in [1.29, 1.82) is 0 Å². The minimum absolute atomic E-state index is 0.0930. The number of sulfonamides is 1. The van der Waals surface area contributed by atoms with E-state index in [4.69, 9.17) is 0 Å². The summed E-state index contributed by atoms with van der Waals surface area (Å²) >= 11 is 0. The number of carbonyl (C=O) groups excluding carboxylic acids is 2. The first-order valence-corrected chi connectivity index (χ1v) is 14.4. The molecule has 0 saturated heterocycles. The molecule has 3 aromatic rings. The Hall–Kier alpha value is -3.65. The highest BCUT2D eigenvalue weighted by Gasteiger charge is 2.33. The van der Waals surface area contributed by atoms with Crippen molar-refractivity contribution >= 4 is 27.5 Å². The van der Waals surface area contributed by atoms with Crippen LogP contribution in [-0.4, -0.2) is 50.3 Å². The van der Waals surface area contributed by atoms with E-state index >= 15 is 0 Å². The van der Waals surface area contributed by atoms with Crippen molar-refractivity contribution in [1.82, 2.24) is 10.2 Å². The summed E-state index contributed by atoms with van der Waals surface area (Å²) in [5.74, 6) is -0.688. The molecule has 0 aliphatic carbocycles. The highest BCUT2D eigenvalue weighted by molar-refractivity contribution is 7.92. The summed E-state index contributed by atoms with van der Waals surface area (Å²) in [5, 5.41) is 2.91. The van der Waals surface area contributed by atoms with E-state index in [1.165, 1.54) is 17.0 Å². The van der Waals surface area contributed by atoms with Gasteiger partial charge in [-0.3, -0.25) is 13.9 Å². The summed E-state index contributed by atoms with van der Waals surface area (Å²) in [6, 6.07) is 24.1. The van der Waals surface area contributed by atoms with Crippen molar-refractivity contribution in [3.05, 3.63) is 96.1 Å². The quantitative estimate of drug-likeness (QED) is 0.368. The van der Waals surface area contributed by atoms with Crippen LogP contribution in [0.25, 0.3) is 0 Å². The number of aryl methyl sites for hydroxylation is 1. The minimum Gasteiger partial charge on any atom is -0.352 e. The first-order chi connectivity index (χ1) is 18.1. The standard InChI is InChI=1S/C30H37N3O4S/c1-5-27(30(35)31-23(2)3)32(21-20-25-15-8-6-9-16-25)29(34)22-33(28-19-13-12-14-24(28)4)38(36,37)26-17-10-7-11-18-26/h6-19,23,27H,5,20-22H2,1-4H3,(H,31,35)/t27-/m0/s1. The zero-order valence-electron chi connectivity index (χ0n) is 22.5. The van der Waals surface area contributed by atoms with Crippen molar-refractivity contribution in [2.24, 2.45) is 0 Å². The van der Waals surface area contributed by atoms with Crippen LogP contribution in [0.5, 0.6) is 0 Å². The van der Waals surface area contributed by atoms with Crippen LogP contribution in [0, 0.1) is 6.92 Å². The van der Waals surface area contributed by atoms with Gasteiger partial charge >= 0.3 is 0 Å². The third-order valence-corrected chi connectivity index (χ3v) is 8.07. The molecule has 3 aromatic carbocycles. The van der Waals surface area contributed by atoms with E-state index < -0.39 is 28.5 Å². The van der Waals surface area contributed by atoms with E-state index in [1.807, 2.05) is 70.2 Å². The Balaban J connectivity index is 2.01. The van der Waals surface area contributed by atoms with Crippen molar-refractivity contribution in [2.45, 2.75) is 57.5 Å². The second-order valence-corrected chi connectivity index (χ2v) is 11.4. The second kappa shape index (κ2) is 13.2. The average molecular weight is 536 g/mol. The molecule has 2 amide bonds. The number of hydrogen-bond acceptors (Lipinski definition) is 4. The first-order valence-electron chi connectivity index (χ1n) is 12.9. The van der Waals surface area contributed by atoms with Gasteiger partial charge in [-0.2, -0.15) is 0 Å². The molecule has 0 aliphatic heterocycles. The molecule has 38 heavy (non-hydrogen) atoms. The van der Waals surface area contributed by atoms with Gasteiger partial charge in [0.15, 0.2) is 0 Å². The molecule has 1 atom stereocenters. The molecule has 8 heteroatoms. The monoisotopic (exact) mass is 535 g/mol. The van der Waals surface area contributed by atoms with E-state index in [9.17, 15) is 18.0 Å². The van der Waals surface area contributed by atoms with Crippen LogP contribution in [0.15, 0.2) is 89.8 Å². The van der Waals surface area contributed by atoms with Crippen molar-refractivity contribution in [2.75, 3.05) is 17.4 Å². The van der Waals surface area contributed by atoms with Gasteiger partial charge in [0.1, 0.15) is 12.6 Å². The summed E-state index contributed by atoms with van der Waals surface area (Å²) in [6.07, 6.45) is 0.933. The van der Waals surface area contributed by atoms with Gasteiger partial charge in [-0.1, -0.05) is 73.7 Å². The lowest BCUT2D eigenvalue weighted by Gasteiger charge is -2.34. The van der Waals surface area contributed by atoms with E-state index in [0.717, 1.165) is 15.4 Å². The Morgan fingerprint density at radius 3 is 2.03 bits per heavy atom. The maximum atomic E-state index is 14.0. The summed E-state index contributed by atoms with van der Waals surface area (Å²) in [6.45, 7) is 7.25. The van der Waals surface area contributed by atoms with Crippen LogP contribution in [0.3, 0.4) is 0 Å². The predicted octanol–water partition coefficient (Wildman–Crippen LogP) is 4.56. The molecule has 0 fully saturated rings. The molecule has 0 unspecified atom stereocenters. The molecule has 0 saturated carbocycles. The largest absolute Gasteiger partial charge is 0.352 e. The fourth-order valence-electron chi connectivity index (χ4n) is 4.35. The molecule has 0 radical (unpaired) electrons. The number of carbonyl (C=O) groups is 2. The number of para-hydroxylation sites is 1. The van der Waals surface area contributed by atoms with Gasteiger partial charge < -0.3 is 10.2 Å². The Kier molecular flexibility index (Phi) is 10.1. The van der Waals surface area contributed by atoms with Gasteiger partial charge in [0.2, 0.25) is 11.8 Å². The van der Waals surface area contributed by atoms with Gasteiger partial charge in [-0.05, 0) is 62.9 Å². The van der Waals surface area contributed by atoms with Crippen molar-refractivity contribution < 1.29 is 18.0 Å². The van der Waals surface area contributed by atoms with Crippen LogP contribution in [0.2, 0.25) is 0 Å². The molecule has 0 aromatic heterocycles. The molecule has 0 heterocycles. The average Bonchev–Trinajstić information content (AvgIpc) is 2.90. The normalized spacial score (nSPS) is 12.1. The molecule has 1 N–H and O–H groups in total. The SMILES string of the molecule is CC[C@@H](C(=O)NC(C)C)N(CCc1ccccc1)C(=O)CN(c1ccccc1C)S(=O)(=O)c1ccccc1. The third kappa shape index (κ3) is 7.22. The van der Waals surface area contributed by atoms with Crippen molar-refractivity contribution in [3.63, 3.8) is 0 Å². The van der Waals surface area contributed by atoms with Crippen LogP contribution in [0.1, 0.15) is 38.3 Å². The highest BCUT2D eigenvalue weighted by Crippen LogP contribution is 2.27. The maximum absolute atomic E-state index is 14.0. The lowest BCUT2D eigenvalue weighted by molar-refractivity contribution is -0.139. The lowest BCUT2D eigenvalue weighted by atomic mass is 10.1. The number of benzene rings is 3. The number of anilines is 1. The van der Waals surface area contributed by atoms with Gasteiger partial charge in [0, 0.05) is 12.6 Å². The van der Waals surface area contributed by atoms with Gasteiger partial charge in [0.25, 0.3) is 10.0 Å². The Morgan fingerprint density at radius 2 is 1.45 bits per heavy atom. The topological polar surface area (TPSA) is 86.8 Å². The van der Waals surface area contributed by atoms with Gasteiger partial charge in [0.05, 0.1) is 10.6 Å². The van der Waals surface area contributed by atoms with Gasteiger partial charge in [-0.15, -0.1) is 0 Å². The molecule has 7 nitrogen and oxygen atoms in total. The molecule has 0 aliphatic rings. The number of hydrogen-bond donors (Lipinski definition) is 1. The number of rotatable bonds is 12. The molecular formula is C30H37N3O4S. The molecule has 0 bridgehead atoms. The smallest absolute Gasteiger partial charge is 0.264 e. The van der Waals surface area contributed by atoms with Crippen molar-refractivity contribution in [3.8, 4) is 0 Å². The van der Waals surface area contributed by atoms with E-state index in [2.05, 4.69) is 5.32 Å². The molecule has 202 valence electrons. The fourth-order valence-corrected chi connectivity index (χ4v) is 5.85. The first kappa shape index (κ1) is 28.9. The number of nitrogens with zero attached hydrogens (tertiary/aromatic N) is 2. The second-order valence-electron chi connectivity index (χ2n) is 9.52. The predicted molar refractivity (Wildman–Crippen MR) is 151 cm³/mol. The van der Waals surface area contributed by atoms with Crippen LogP contribution in [0.4, 0.5) is 5.69 Å². The molecule has 0 spiro atoms. The number of amides is 2. The van der Waals surface area contributed by atoms with Crippen LogP contribution >= 0.6 is 0 Å². The van der Waals surface area contributed by atoms with E-state index in [1.54, 1.807) is 30.3 Å². The molecule has 3 rings (SSSR count). The van der Waals surface area contributed by atoms with Crippen LogP contribution in [-0.2, 0) is 26.0 Å². The summed E-state index contributed by atoms with van der Waals surface area (Å²) in [5.41, 5.74) is 2.17. The Morgan fingerprint density at radius 1 is 0.868 bits per heavy atom. The Labute approximate surface area is 226 Å². The maximum Gasteiger partial charge on any atom is 0.264 e. The minimum atomic E-state index is -4.06. The summed E-state index contributed by atoms with van der Waals surface area (Å²) < 4.78 is 28.8. The summed E-state index contributed by atoms with van der Waals surface area (Å²) in [4.78, 5) is 28.7. The molecular weight excluding hydrogens is 498 g/mol. The highest BCUT2D eigenvalue weighted by atomic mass is 32.2. The summed E-state index contributed by atoms with van der Waals surface area (Å²) in [7, 11) is -4.06. The van der Waals surface area contributed by atoms with E-state index in [-0.39, 0.29) is 23.4 Å². The lowest BCUT2D eigenvalue weighted by Crippen LogP contribution is -2.54. The zero-order chi connectivity index (χ0) is 27.7.